The van der Waals surface area contributed by atoms with Crippen LogP contribution in [0.2, 0.25) is 0 Å². The molecule has 330 valence electrons. The van der Waals surface area contributed by atoms with Crippen molar-refractivity contribution in [3.8, 4) is 107 Å². The average Bonchev–Trinajstić information content (AvgIpc) is 4.02. The lowest BCUT2D eigenvalue weighted by atomic mass is 9.96. The number of hydrogen-bond acceptors (Lipinski definition) is 10. The fraction of sp³-hybridized carbons (Fsp3) is 0.269. The molecule has 0 N–H and O–H groups in total. The summed E-state index contributed by atoms with van der Waals surface area (Å²) in [6, 6.07) is 21.3. The predicted octanol–water partition coefficient (Wildman–Crippen LogP) is 13.3. The van der Waals surface area contributed by atoms with E-state index in [0.29, 0.717) is 17.2 Å². The molecule has 8 aromatic rings. The van der Waals surface area contributed by atoms with Crippen molar-refractivity contribution >= 4 is 45.3 Å². The van der Waals surface area contributed by atoms with Crippen LogP contribution >= 0.6 is 45.3 Å². The third kappa shape index (κ3) is 8.06. The Balaban J connectivity index is 1.26. The second-order valence-corrected chi connectivity index (χ2v) is 20.1. The molecular weight excluding hydrogens is 877 g/mol. The molecule has 64 heavy (non-hydrogen) atoms. The molecule has 0 unspecified atom stereocenters. The summed E-state index contributed by atoms with van der Waals surface area (Å²) in [4.78, 5) is 8.73. The second kappa shape index (κ2) is 18.4. The Labute approximate surface area is 392 Å². The van der Waals surface area contributed by atoms with E-state index in [1.807, 2.05) is 57.5 Å². The number of hydrogen-bond donors (Lipinski definition) is 0. The van der Waals surface area contributed by atoms with E-state index in [0.717, 1.165) is 75.0 Å². The Morgan fingerprint density at radius 1 is 0.406 bits per heavy atom. The van der Waals surface area contributed by atoms with Crippen LogP contribution in [0.25, 0.3) is 72.4 Å². The van der Waals surface area contributed by atoms with Gasteiger partial charge in [-0.25, -0.2) is 9.13 Å². The molecule has 6 heterocycles. The van der Waals surface area contributed by atoms with Gasteiger partial charge < -0.3 is 28.4 Å². The van der Waals surface area contributed by atoms with Gasteiger partial charge in [0, 0.05) is 34.0 Å². The van der Waals surface area contributed by atoms with E-state index in [9.17, 15) is 0 Å². The monoisotopic (exact) mass is 930 g/mol. The topological polar surface area (TPSA) is 63.1 Å². The highest BCUT2D eigenvalue weighted by Gasteiger charge is 2.32. The first kappa shape index (κ1) is 44.9. The summed E-state index contributed by atoms with van der Waals surface area (Å²) in [5, 5.41) is 0. The van der Waals surface area contributed by atoms with Crippen molar-refractivity contribution in [1.82, 2.24) is 0 Å². The van der Waals surface area contributed by atoms with Crippen LogP contribution in [0, 0.1) is 27.7 Å². The summed E-state index contributed by atoms with van der Waals surface area (Å²) in [5.74, 6) is 4.25. The van der Waals surface area contributed by atoms with Gasteiger partial charge in [-0.3, -0.25) is 0 Å². The molecule has 0 bridgehead atoms. The molecule has 0 saturated heterocycles. The van der Waals surface area contributed by atoms with Gasteiger partial charge in [0.05, 0.1) is 76.5 Å². The lowest BCUT2D eigenvalue weighted by molar-refractivity contribution is -0.671. The molecule has 0 aliphatic carbocycles. The van der Waals surface area contributed by atoms with E-state index in [1.165, 1.54) is 36.9 Å². The normalized spacial score (nSPS) is 11.3. The van der Waals surface area contributed by atoms with Crippen LogP contribution in [0.15, 0.2) is 85.5 Å². The van der Waals surface area contributed by atoms with Crippen LogP contribution in [0.1, 0.15) is 36.1 Å². The molecule has 0 saturated carbocycles. The quantitative estimate of drug-likeness (QED) is 0.101. The number of methoxy groups -OCH3 is 5. The van der Waals surface area contributed by atoms with Gasteiger partial charge >= 0.3 is 0 Å². The number of aryl methyl sites for hydroxylation is 2. The number of nitrogens with zero attached hydrogens (tertiary/aromatic N) is 2. The average molecular weight is 931 g/mol. The molecule has 0 fully saturated rings. The van der Waals surface area contributed by atoms with Gasteiger partial charge in [-0.1, -0.05) is 6.07 Å². The van der Waals surface area contributed by atoms with Crippen LogP contribution in [0.4, 0.5) is 0 Å². The van der Waals surface area contributed by atoms with Crippen LogP contribution in [0.3, 0.4) is 0 Å². The molecule has 8 rings (SSSR count). The van der Waals surface area contributed by atoms with Crippen molar-refractivity contribution in [2.75, 3.05) is 35.5 Å². The van der Waals surface area contributed by atoms with Gasteiger partial charge in [-0.2, -0.15) is 0 Å². The third-order valence-corrected chi connectivity index (χ3v) is 17.2. The van der Waals surface area contributed by atoms with E-state index in [4.69, 9.17) is 28.4 Å². The summed E-state index contributed by atoms with van der Waals surface area (Å²) >= 11 is 6.96. The highest BCUT2D eigenvalue weighted by atomic mass is 32.1. The third-order valence-electron chi connectivity index (χ3n) is 11.6. The zero-order valence-corrected chi connectivity index (χ0v) is 41.9. The Hall–Kier alpha value is -5.66. The van der Waals surface area contributed by atoms with Crippen molar-refractivity contribution in [2.24, 2.45) is 14.1 Å². The Bertz CT molecular complexity index is 2930. The first-order valence-corrected chi connectivity index (χ1v) is 24.2. The number of ether oxygens (including phenoxy) is 6. The number of benzene rings is 2. The van der Waals surface area contributed by atoms with Crippen molar-refractivity contribution in [3.63, 3.8) is 0 Å². The smallest absolute Gasteiger partial charge is 0.180 e. The lowest BCUT2D eigenvalue weighted by Crippen LogP contribution is -2.25. The molecule has 12 heteroatoms. The van der Waals surface area contributed by atoms with E-state index in [2.05, 4.69) is 104 Å². The number of thiophene rings is 4. The molecule has 0 amide bonds. The minimum absolute atomic E-state index is 0.0297. The first-order chi connectivity index (χ1) is 30.8. The SMILES string of the molecule is COc1cccc(OC(C)C)c1-c1sc(-c2sc(-c3sc(-c4sc(-c5cc(-c6cc[n+](C)cc6)cc(-c6cc[n+](C)cc6)c5)c(OC)c4OC)c(C)c3C)c(C)c2C)c(OC)c1OC. The second-order valence-electron chi connectivity index (χ2n) is 16.0. The maximum Gasteiger partial charge on any atom is 0.180 e. The summed E-state index contributed by atoms with van der Waals surface area (Å²) in [6.45, 7) is 12.9. The minimum atomic E-state index is -0.0297. The van der Waals surface area contributed by atoms with Crippen LogP contribution in [-0.4, -0.2) is 41.7 Å². The molecule has 0 spiro atoms. The van der Waals surface area contributed by atoms with Crippen LogP contribution < -0.4 is 37.6 Å². The number of aromatic nitrogens is 2. The molecule has 8 nitrogen and oxygen atoms in total. The minimum Gasteiger partial charge on any atom is -0.496 e. The molecule has 2 aromatic carbocycles. The van der Waals surface area contributed by atoms with E-state index in [1.54, 1.807) is 69.6 Å². The van der Waals surface area contributed by atoms with Crippen molar-refractivity contribution in [2.45, 2.75) is 47.6 Å². The Morgan fingerprint density at radius 3 is 1.19 bits per heavy atom. The van der Waals surface area contributed by atoms with Crippen molar-refractivity contribution in [3.05, 3.63) is 108 Å². The van der Waals surface area contributed by atoms with Gasteiger partial charge in [0.2, 0.25) is 0 Å². The fourth-order valence-corrected chi connectivity index (χ4v) is 13.8. The zero-order valence-electron chi connectivity index (χ0n) is 38.6. The standard InChI is InChI=1S/C52H54N2O6S4/c1-28(2)60-39-16-14-15-38(55-9)40(39)50-42(57-11)44(59-13)52(64-50)48-32(6)30(4)46(62-48)45-29(3)31(5)47(61-45)51-43(58-12)41(56-10)49(63-51)37-26-35(33-17-21-53(7)22-18-33)25-36(27-37)34-19-23-54(8)24-20-34/h14-28H,1-13H3/q+2. The summed E-state index contributed by atoms with van der Waals surface area (Å²) in [5.41, 5.74) is 11.3. The molecular formula is C52H54N2O6S4+2. The maximum atomic E-state index is 6.33. The first-order valence-electron chi connectivity index (χ1n) is 20.9. The summed E-state index contributed by atoms with van der Waals surface area (Å²) in [6.07, 6.45) is 8.31. The lowest BCUT2D eigenvalue weighted by Gasteiger charge is -2.17. The van der Waals surface area contributed by atoms with Gasteiger partial charge in [0.25, 0.3) is 0 Å². The number of pyridine rings is 2. The summed E-state index contributed by atoms with van der Waals surface area (Å²) < 4.78 is 41.2. The Kier molecular flexibility index (Phi) is 12.9. The zero-order chi connectivity index (χ0) is 45.6. The molecule has 6 aromatic heterocycles. The highest BCUT2D eigenvalue weighted by Crippen LogP contribution is 2.61. The molecule has 0 aliphatic heterocycles. The van der Waals surface area contributed by atoms with Crippen LogP contribution in [0.5, 0.6) is 34.5 Å². The van der Waals surface area contributed by atoms with Crippen LogP contribution in [-0.2, 0) is 14.1 Å². The van der Waals surface area contributed by atoms with E-state index in [-0.39, 0.29) is 6.10 Å². The molecule has 0 atom stereocenters. The molecule has 0 radical (unpaired) electrons. The van der Waals surface area contributed by atoms with E-state index >= 15 is 0 Å². The highest BCUT2D eigenvalue weighted by molar-refractivity contribution is 7.30. The maximum absolute atomic E-state index is 6.33. The largest absolute Gasteiger partial charge is 0.496 e. The fourth-order valence-electron chi connectivity index (χ4n) is 7.99. The predicted molar refractivity (Wildman–Crippen MR) is 266 cm³/mol. The molecule has 0 aliphatic rings. The van der Waals surface area contributed by atoms with Gasteiger partial charge in [-0.05, 0) is 122 Å². The Morgan fingerprint density at radius 2 is 0.766 bits per heavy atom. The van der Waals surface area contributed by atoms with Gasteiger partial charge in [0.1, 0.15) is 25.6 Å². The van der Waals surface area contributed by atoms with Gasteiger partial charge in [0.15, 0.2) is 47.8 Å². The summed E-state index contributed by atoms with van der Waals surface area (Å²) in [7, 11) is 12.6. The van der Waals surface area contributed by atoms with Gasteiger partial charge in [-0.15, -0.1) is 45.3 Å². The van der Waals surface area contributed by atoms with Crippen molar-refractivity contribution < 1.29 is 37.6 Å². The van der Waals surface area contributed by atoms with E-state index < -0.39 is 0 Å². The number of rotatable bonds is 14. The van der Waals surface area contributed by atoms with Crippen molar-refractivity contribution in [1.29, 1.82) is 0 Å².